The number of piperazine rings is 1. The maximum atomic E-state index is 12.8. The Morgan fingerprint density at radius 2 is 1.62 bits per heavy atom. The fourth-order valence-corrected chi connectivity index (χ4v) is 5.15. The van der Waals surface area contributed by atoms with Gasteiger partial charge in [0, 0.05) is 50.5 Å². The second-order valence-electron chi connectivity index (χ2n) is 7.08. The van der Waals surface area contributed by atoms with E-state index in [2.05, 4.69) is 19.8 Å². The number of anilines is 2. The number of sulfonamides is 1. The van der Waals surface area contributed by atoms with Crippen LogP contribution in [-0.2, 0) is 20.5 Å². The highest BCUT2D eigenvalue weighted by Gasteiger charge is 2.28. The van der Waals surface area contributed by atoms with Crippen molar-refractivity contribution in [2.45, 2.75) is 5.75 Å². The topological polar surface area (TPSA) is 78.9 Å². The van der Waals surface area contributed by atoms with Crippen LogP contribution in [0.4, 0.5) is 11.8 Å². The van der Waals surface area contributed by atoms with Crippen molar-refractivity contribution in [3.8, 4) is 0 Å². The lowest BCUT2D eigenvalue weighted by Gasteiger charge is -2.35. The maximum absolute atomic E-state index is 12.8. The fourth-order valence-electron chi connectivity index (χ4n) is 3.51. The molecule has 0 N–H and O–H groups in total. The normalized spacial score (nSPS) is 18.8. The lowest BCUT2D eigenvalue weighted by atomic mass is 10.2. The molecule has 3 heterocycles. The van der Waals surface area contributed by atoms with E-state index in [0.717, 1.165) is 24.5 Å². The highest BCUT2D eigenvalue weighted by molar-refractivity contribution is 7.88. The molecule has 0 spiro atoms. The number of rotatable bonds is 5. The Kier molecular flexibility index (Phi) is 6.19. The van der Waals surface area contributed by atoms with Gasteiger partial charge in [-0.3, -0.25) is 0 Å². The smallest absolute Gasteiger partial charge is 0.227 e. The van der Waals surface area contributed by atoms with Gasteiger partial charge in [-0.05, 0) is 23.8 Å². The summed E-state index contributed by atoms with van der Waals surface area (Å²) in [5, 5.41) is 0.598. The summed E-state index contributed by atoms with van der Waals surface area (Å²) in [6.07, 6.45) is 1.76. The number of aromatic nitrogens is 2. The maximum Gasteiger partial charge on any atom is 0.227 e. The third-order valence-electron chi connectivity index (χ3n) is 5.14. The van der Waals surface area contributed by atoms with Gasteiger partial charge in [0.2, 0.25) is 16.0 Å². The van der Waals surface area contributed by atoms with E-state index in [-0.39, 0.29) is 5.75 Å². The van der Waals surface area contributed by atoms with E-state index < -0.39 is 10.0 Å². The van der Waals surface area contributed by atoms with Gasteiger partial charge in [0.25, 0.3) is 0 Å². The lowest BCUT2D eigenvalue weighted by Crippen LogP contribution is -2.49. The number of nitrogens with zero attached hydrogens (tertiary/aromatic N) is 5. The quantitative estimate of drug-likeness (QED) is 0.703. The average Bonchev–Trinajstić information content (AvgIpc) is 2.76. The fraction of sp³-hybridized carbons (Fsp3) is 0.474. The zero-order valence-corrected chi connectivity index (χ0v) is 17.6. The third kappa shape index (κ3) is 4.98. The SMILES string of the molecule is O=S(=O)(Cc1ccc(Cl)cc1)N1CCN(c2ccnc(N3CCOCC3)n2)CC1. The van der Waals surface area contributed by atoms with Crippen molar-refractivity contribution in [3.05, 3.63) is 47.1 Å². The monoisotopic (exact) mass is 437 g/mol. The van der Waals surface area contributed by atoms with E-state index >= 15 is 0 Å². The van der Waals surface area contributed by atoms with Crippen molar-refractivity contribution in [1.82, 2.24) is 14.3 Å². The molecule has 2 aromatic rings. The average molecular weight is 438 g/mol. The van der Waals surface area contributed by atoms with Gasteiger partial charge in [0.1, 0.15) is 5.82 Å². The van der Waals surface area contributed by atoms with E-state index in [4.69, 9.17) is 16.3 Å². The molecular formula is C19H24ClN5O3S. The molecule has 0 bridgehead atoms. The molecule has 10 heteroatoms. The van der Waals surface area contributed by atoms with E-state index in [9.17, 15) is 8.42 Å². The van der Waals surface area contributed by atoms with Crippen LogP contribution >= 0.6 is 11.6 Å². The molecule has 0 atom stereocenters. The van der Waals surface area contributed by atoms with Crippen LogP contribution in [0.2, 0.25) is 5.02 Å². The van der Waals surface area contributed by atoms with Crippen molar-refractivity contribution < 1.29 is 13.2 Å². The molecule has 0 amide bonds. The zero-order valence-electron chi connectivity index (χ0n) is 16.1. The first-order valence-corrected chi connectivity index (χ1v) is 11.6. The molecule has 156 valence electrons. The van der Waals surface area contributed by atoms with Crippen molar-refractivity contribution in [1.29, 1.82) is 0 Å². The van der Waals surface area contributed by atoms with Gasteiger partial charge in [-0.25, -0.2) is 13.4 Å². The zero-order chi connectivity index (χ0) is 20.3. The van der Waals surface area contributed by atoms with Gasteiger partial charge in [-0.2, -0.15) is 9.29 Å². The van der Waals surface area contributed by atoms with Crippen LogP contribution in [0.3, 0.4) is 0 Å². The van der Waals surface area contributed by atoms with Crippen molar-refractivity contribution >= 4 is 33.4 Å². The largest absolute Gasteiger partial charge is 0.378 e. The van der Waals surface area contributed by atoms with Crippen molar-refractivity contribution in [3.63, 3.8) is 0 Å². The Labute approximate surface area is 176 Å². The van der Waals surface area contributed by atoms with Gasteiger partial charge < -0.3 is 14.5 Å². The number of halogens is 1. The third-order valence-corrected chi connectivity index (χ3v) is 7.24. The predicted octanol–water partition coefficient (Wildman–Crippen LogP) is 1.62. The lowest BCUT2D eigenvalue weighted by molar-refractivity contribution is 0.122. The summed E-state index contributed by atoms with van der Waals surface area (Å²) in [5.41, 5.74) is 0.739. The summed E-state index contributed by atoms with van der Waals surface area (Å²) in [6, 6.07) is 8.81. The van der Waals surface area contributed by atoms with Crippen LogP contribution in [0.15, 0.2) is 36.5 Å². The first-order chi connectivity index (χ1) is 14.0. The molecule has 0 saturated carbocycles. The van der Waals surface area contributed by atoms with Crippen LogP contribution in [0.1, 0.15) is 5.56 Å². The number of hydrogen-bond donors (Lipinski definition) is 0. The van der Waals surface area contributed by atoms with E-state index in [1.165, 1.54) is 0 Å². The first-order valence-electron chi connectivity index (χ1n) is 9.64. The molecule has 4 rings (SSSR count). The molecule has 8 nitrogen and oxygen atoms in total. The molecule has 29 heavy (non-hydrogen) atoms. The molecule has 2 fully saturated rings. The Morgan fingerprint density at radius 3 is 2.31 bits per heavy atom. The van der Waals surface area contributed by atoms with Crippen LogP contribution in [0, 0.1) is 0 Å². The molecule has 1 aromatic carbocycles. The summed E-state index contributed by atoms with van der Waals surface area (Å²) in [5.74, 6) is 1.51. The van der Waals surface area contributed by atoms with E-state index in [0.29, 0.717) is 50.4 Å². The van der Waals surface area contributed by atoms with Gasteiger partial charge in [0.15, 0.2) is 0 Å². The second kappa shape index (κ2) is 8.83. The van der Waals surface area contributed by atoms with Gasteiger partial charge >= 0.3 is 0 Å². The van der Waals surface area contributed by atoms with Crippen LogP contribution < -0.4 is 9.80 Å². The minimum absolute atomic E-state index is 0.0150. The predicted molar refractivity (Wildman–Crippen MR) is 113 cm³/mol. The van der Waals surface area contributed by atoms with Crippen molar-refractivity contribution in [2.24, 2.45) is 0 Å². The number of benzene rings is 1. The Bertz CT molecular complexity index is 927. The van der Waals surface area contributed by atoms with E-state index in [1.807, 2.05) is 6.07 Å². The van der Waals surface area contributed by atoms with Crippen LogP contribution in [0.5, 0.6) is 0 Å². The Hall–Kier alpha value is -1.94. The van der Waals surface area contributed by atoms with Gasteiger partial charge in [-0.1, -0.05) is 23.7 Å². The summed E-state index contributed by atoms with van der Waals surface area (Å²) >= 11 is 5.88. The molecule has 0 radical (unpaired) electrons. The number of morpholine rings is 1. The second-order valence-corrected chi connectivity index (χ2v) is 9.49. The standard InChI is InChI=1S/C19H24ClN5O3S/c20-17-3-1-16(2-4-17)15-29(26,27)25-9-7-23(8-10-25)18-5-6-21-19(22-18)24-11-13-28-14-12-24/h1-6H,7-15H2. The highest BCUT2D eigenvalue weighted by Crippen LogP contribution is 2.20. The summed E-state index contributed by atoms with van der Waals surface area (Å²) in [7, 11) is -3.37. The van der Waals surface area contributed by atoms with Crippen LogP contribution in [-0.4, -0.2) is 75.2 Å². The molecule has 2 aliphatic rings. The summed E-state index contributed by atoms with van der Waals surface area (Å²) < 4.78 is 32.5. The summed E-state index contributed by atoms with van der Waals surface area (Å²) in [4.78, 5) is 13.3. The molecule has 2 aliphatic heterocycles. The Morgan fingerprint density at radius 1 is 0.931 bits per heavy atom. The van der Waals surface area contributed by atoms with Crippen LogP contribution in [0.25, 0.3) is 0 Å². The summed E-state index contributed by atoms with van der Waals surface area (Å²) in [6.45, 7) is 4.98. The van der Waals surface area contributed by atoms with Gasteiger partial charge in [-0.15, -0.1) is 0 Å². The molecular weight excluding hydrogens is 414 g/mol. The van der Waals surface area contributed by atoms with Crippen molar-refractivity contribution in [2.75, 3.05) is 62.3 Å². The molecule has 2 saturated heterocycles. The molecule has 0 unspecified atom stereocenters. The van der Waals surface area contributed by atoms with E-state index in [1.54, 1.807) is 34.8 Å². The Balaban J connectivity index is 1.38. The number of ether oxygens (including phenoxy) is 1. The minimum atomic E-state index is -3.37. The molecule has 0 aliphatic carbocycles. The number of hydrogen-bond acceptors (Lipinski definition) is 7. The minimum Gasteiger partial charge on any atom is -0.378 e. The molecule has 1 aromatic heterocycles. The first kappa shape index (κ1) is 20.3. The highest BCUT2D eigenvalue weighted by atomic mass is 35.5. The van der Waals surface area contributed by atoms with Gasteiger partial charge in [0.05, 0.1) is 19.0 Å².